The highest BCUT2D eigenvalue weighted by Gasteiger charge is 2.44. The van der Waals surface area contributed by atoms with Gasteiger partial charge in [-0.2, -0.15) is 0 Å². The number of hydrogen-bond donors (Lipinski definition) is 2. The molecule has 25 heavy (non-hydrogen) atoms. The van der Waals surface area contributed by atoms with Crippen LogP contribution < -0.4 is 0 Å². The van der Waals surface area contributed by atoms with Gasteiger partial charge in [0.05, 0.1) is 18.6 Å². The van der Waals surface area contributed by atoms with Gasteiger partial charge in [0, 0.05) is 17.6 Å². The fraction of sp³-hybridized carbons (Fsp3) is 0.474. The average molecular weight is 348 g/mol. The second-order valence-electron chi connectivity index (χ2n) is 6.62. The SMILES string of the molecule is C=C(C)C(=O)OC1CC(CO)=CC(O)CC(C)=CC2OC(=O)C(=C)C21. The number of esters is 2. The molecule has 2 rings (SSSR count). The minimum atomic E-state index is -0.784. The van der Waals surface area contributed by atoms with E-state index in [9.17, 15) is 19.8 Å². The van der Waals surface area contributed by atoms with Gasteiger partial charge in [0.2, 0.25) is 0 Å². The monoisotopic (exact) mass is 348 g/mol. The molecule has 1 heterocycles. The van der Waals surface area contributed by atoms with Gasteiger partial charge in [-0.15, -0.1) is 0 Å². The fourth-order valence-electron chi connectivity index (χ4n) is 3.11. The van der Waals surface area contributed by atoms with Crippen molar-refractivity contribution in [3.63, 3.8) is 0 Å². The summed E-state index contributed by atoms with van der Waals surface area (Å²) in [6, 6.07) is 0. The Bertz CT molecular complexity index is 657. The Morgan fingerprint density at radius 1 is 1.40 bits per heavy atom. The van der Waals surface area contributed by atoms with Crippen molar-refractivity contribution in [3.8, 4) is 0 Å². The van der Waals surface area contributed by atoms with E-state index in [1.165, 1.54) is 6.92 Å². The number of carbonyl (C=O) groups excluding carboxylic acids is 2. The van der Waals surface area contributed by atoms with Crippen molar-refractivity contribution in [1.82, 2.24) is 0 Å². The minimum Gasteiger partial charge on any atom is -0.458 e. The molecule has 0 amide bonds. The topological polar surface area (TPSA) is 93.1 Å². The van der Waals surface area contributed by atoms with Gasteiger partial charge in [-0.3, -0.25) is 0 Å². The quantitative estimate of drug-likeness (QED) is 0.457. The number of hydrogen-bond acceptors (Lipinski definition) is 6. The summed E-state index contributed by atoms with van der Waals surface area (Å²) in [5, 5.41) is 19.7. The van der Waals surface area contributed by atoms with Crippen LogP contribution in [-0.4, -0.2) is 47.1 Å². The molecular formula is C19H24O6. The number of aliphatic hydroxyl groups excluding tert-OH is 2. The van der Waals surface area contributed by atoms with Crippen LogP contribution in [0.25, 0.3) is 0 Å². The molecular weight excluding hydrogens is 324 g/mol. The van der Waals surface area contributed by atoms with Crippen LogP contribution in [0.5, 0.6) is 0 Å². The first-order valence-corrected chi connectivity index (χ1v) is 8.15. The molecule has 2 aliphatic rings. The first kappa shape index (κ1) is 19.1. The maximum absolute atomic E-state index is 12.0. The minimum absolute atomic E-state index is 0.163. The third-order valence-electron chi connectivity index (χ3n) is 4.34. The standard InChI is InChI=1S/C19H24O6/c1-10(2)18(22)24-16-8-13(9-20)7-14(21)5-11(3)6-15-17(16)12(4)19(23)25-15/h6-7,14-17,20-21H,1,4-5,8-9H2,2-3H3. The lowest BCUT2D eigenvalue weighted by Gasteiger charge is -2.28. The average Bonchev–Trinajstić information content (AvgIpc) is 2.79. The molecule has 0 aromatic heterocycles. The van der Waals surface area contributed by atoms with E-state index in [2.05, 4.69) is 13.2 Å². The lowest BCUT2D eigenvalue weighted by molar-refractivity contribution is -0.147. The molecule has 0 aromatic carbocycles. The summed E-state index contributed by atoms with van der Waals surface area (Å²) < 4.78 is 10.9. The van der Waals surface area contributed by atoms with Crippen LogP contribution in [-0.2, 0) is 19.1 Å². The maximum Gasteiger partial charge on any atom is 0.334 e. The van der Waals surface area contributed by atoms with E-state index in [0.29, 0.717) is 12.0 Å². The van der Waals surface area contributed by atoms with Gasteiger partial charge in [-0.1, -0.05) is 24.8 Å². The van der Waals surface area contributed by atoms with E-state index in [1.54, 1.807) is 12.2 Å². The Kier molecular flexibility index (Phi) is 5.98. The van der Waals surface area contributed by atoms with Crippen molar-refractivity contribution in [2.45, 2.75) is 45.0 Å². The molecule has 1 aliphatic heterocycles. The zero-order valence-corrected chi connectivity index (χ0v) is 14.5. The molecule has 0 bridgehead atoms. The highest BCUT2D eigenvalue weighted by Crippen LogP contribution is 2.36. The molecule has 1 aliphatic carbocycles. The molecule has 0 radical (unpaired) electrons. The normalized spacial score (nSPS) is 29.9. The van der Waals surface area contributed by atoms with E-state index in [1.807, 2.05) is 6.92 Å². The molecule has 0 saturated carbocycles. The van der Waals surface area contributed by atoms with Crippen molar-refractivity contribution in [1.29, 1.82) is 0 Å². The van der Waals surface area contributed by atoms with Gasteiger partial charge in [0.25, 0.3) is 0 Å². The molecule has 136 valence electrons. The van der Waals surface area contributed by atoms with Crippen LogP contribution in [0.4, 0.5) is 0 Å². The summed E-state index contributed by atoms with van der Waals surface area (Å²) in [4.78, 5) is 24.0. The van der Waals surface area contributed by atoms with Gasteiger partial charge in [-0.25, -0.2) is 9.59 Å². The van der Waals surface area contributed by atoms with Gasteiger partial charge in [-0.05, 0) is 31.9 Å². The maximum atomic E-state index is 12.0. The zero-order valence-electron chi connectivity index (χ0n) is 14.5. The van der Waals surface area contributed by atoms with Crippen molar-refractivity contribution < 1.29 is 29.3 Å². The molecule has 1 fully saturated rings. The summed E-state index contributed by atoms with van der Waals surface area (Å²) in [7, 11) is 0. The number of rotatable bonds is 3. The Morgan fingerprint density at radius 3 is 2.68 bits per heavy atom. The van der Waals surface area contributed by atoms with E-state index >= 15 is 0 Å². The molecule has 4 unspecified atom stereocenters. The molecule has 0 aromatic rings. The van der Waals surface area contributed by atoms with Gasteiger partial charge in [0.1, 0.15) is 12.2 Å². The molecule has 4 atom stereocenters. The van der Waals surface area contributed by atoms with Crippen LogP contribution >= 0.6 is 0 Å². The smallest absolute Gasteiger partial charge is 0.334 e. The Labute approximate surface area is 147 Å². The largest absolute Gasteiger partial charge is 0.458 e. The van der Waals surface area contributed by atoms with Crippen molar-refractivity contribution in [2.24, 2.45) is 5.92 Å². The van der Waals surface area contributed by atoms with Gasteiger partial charge >= 0.3 is 11.9 Å². The molecule has 2 N–H and O–H groups in total. The van der Waals surface area contributed by atoms with E-state index in [0.717, 1.165) is 5.57 Å². The second-order valence-corrected chi connectivity index (χ2v) is 6.62. The summed E-state index contributed by atoms with van der Waals surface area (Å²) >= 11 is 0. The van der Waals surface area contributed by atoms with Crippen LogP contribution in [0.1, 0.15) is 26.7 Å². The molecule has 1 saturated heterocycles. The molecule has 6 heteroatoms. The lowest BCUT2D eigenvalue weighted by Crippen LogP contribution is -2.34. The number of fused-ring (bicyclic) bond motifs is 1. The van der Waals surface area contributed by atoms with Crippen LogP contribution in [0.3, 0.4) is 0 Å². The summed E-state index contributed by atoms with van der Waals surface area (Å²) in [5.41, 5.74) is 1.80. The molecule has 0 spiro atoms. The Hall–Kier alpha value is -2.18. The van der Waals surface area contributed by atoms with Crippen LogP contribution in [0.15, 0.2) is 47.6 Å². The highest BCUT2D eigenvalue weighted by molar-refractivity contribution is 5.91. The third-order valence-corrected chi connectivity index (χ3v) is 4.34. The van der Waals surface area contributed by atoms with E-state index in [-0.39, 0.29) is 24.2 Å². The van der Waals surface area contributed by atoms with Crippen molar-refractivity contribution in [3.05, 3.63) is 47.6 Å². The van der Waals surface area contributed by atoms with Crippen LogP contribution in [0, 0.1) is 5.92 Å². The fourth-order valence-corrected chi connectivity index (χ4v) is 3.11. The number of ether oxygens (including phenoxy) is 2. The highest BCUT2D eigenvalue weighted by atomic mass is 16.6. The van der Waals surface area contributed by atoms with Crippen molar-refractivity contribution >= 4 is 11.9 Å². The number of carbonyl (C=O) groups is 2. The predicted octanol–water partition coefficient (Wildman–Crippen LogP) is 1.59. The van der Waals surface area contributed by atoms with E-state index < -0.39 is 36.2 Å². The van der Waals surface area contributed by atoms with Crippen molar-refractivity contribution in [2.75, 3.05) is 6.61 Å². The second kappa shape index (κ2) is 7.80. The third kappa shape index (κ3) is 4.46. The van der Waals surface area contributed by atoms with Gasteiger partial charge in [0.15, 0.2) is 0 Å². The summed E-state index contributed by atoms with van der Waals surface area (Å²) in [6.45, 7) is 10.4. The Morgan fingerprint density at radius 2 is 2.08 bits per heavy atom. The first-order valence-electron chi connectivity index (χ1n) is 8.15. The lowest BCUT2D eigenvalue weighted by atomic mass is 9.85. The molecule has 6 nitrogen and oxygen atoms in total. The van der Waals surface area contributed by atoms with E-state index in [4.69, 9.17) is 9.47 Å². The number of aliphatic hydroxyl groups is 2. The first-order chi connectivity index (χ1) is 11.7. The summed E-state index contributed by atoms with van der Waals surface area (Å²) in [5.74, 6) is -1.69. The predicted molar refractivity (Wildman–Crippen MR) is 91.4 cm³/mol. The van der Waals surface area contributed by atoms with Gasteiger partial charge < -0.3 is 19.7 Å². The zero-order chi connectivity index (χ0) is 18.7. The van der Waals surface area contributed by atoms with Crippen LogP contribution in [0.2, 0.25) is 0 Å². The summed E-state index contributed by atoms with van der Waals surface area (Å²) in [6.07, 6.45) is 1.65. The Balaban J connectivity index is 2.45.